The van der Waals surface area contributed by atoms with Crippen molar-refractivity contribution in [3.63, 3.8) is 0 Å². The van der Waals surface area contributed by atoms with Crippen LogP contribution in [-0.4, -0.2) is 7.22 Å². The van der Waals surface area contributed by atoms with E-state index in [2.05, 4.69) is 96.6 Å². The first-order chi connectivity index (χ1) is 9.75. The second-order valence-corrected chi connectivity index (χ2v) is 15.7. The quantitative estimate of drug-likeness (QED) is 0.380. The van der Waals surface area contributed by atoms with Crippen molar-refractivity contribution in [2.75, 3.05) is 0 Å². The molecule has 0 nitrogen and oxygen atoms in total. The second kappa shape index (κ2) is 7.69. The van der Waals surface area contributed by atoms with Crippen molar-refractivity contribution < 1.29 is 0 Å². The predicted octanol–water partition coefficient (Wildman–Crippen LogP) is 7.13. The van der Waals surface area contributed by atoms with Crippen molar-refractivity contribution in [1.82, 2.24) is 0 Å². The van der Waals surface area contributed by atoms with Crippen LogP contribution in [0.25, 0.3) is 0 Å². The Balaban J connectivity index is 3.16. The van der Waals surface area contributed by atoms with Crippen LogP contribution in [0, 0.1) is 6.92 Å². The molecule has 1 rings (SSSR count). The lowest BCUT2D eigenvalue weighted by Crippen LogP contribution is -2.41. The second-order valence-electron chi connectivity index (χ2n) is 7.00. The first-order valence-corrected chi connectivity index (χ1v) is 12.0. The molecular weight excluding hydrogens is 288 g/mol. The zero-order chi connectivity index (χ0) is 16.2. The van der Waals surface area contributed by atoms with Crippen LogP contribution in [0.15, 0.2) is 36.9 Å². The highest BCUT2D eigenvalue weighted by Gasteiger charge is 2.45. The lowest BCUT2D eigenvalue weighted by Gasteiger charge is -2.44. The average molecular weight is 321 g/mol. The van der Waals surface area contributed by atoms with Gasteiger partial charge in [0.2, 0.25) is 0 Å². The maximum atomic E-state index is 4.12. The van der Waals surface area contributed by atoms with E-state index in [9.17, 15) is 0 Å². The van der Waals surface area contributed by atoms with Crippen molar-refractivity contribution in [2.45, 2.75) is 70.3 Å². The molecule has 21 heavy (non-hydrogen) atoms. The van der Waals surface area contributed by atoms with E-state index in [0.717, 1.165) is 16.6 Å². The van der Waals surface area contributed by atoms with E-state index in [0.29, 0.717) is 5.25 Å². The molecule has 1 atom stereocenters. The third-order valence-electron chi connectivity index (χ3n) is 4.66. The molecule has 0 bridgehead atoms. The van der Waals surface area contributed by atoms with Crippen LogP contribution >= 0.6 is 11.2 Å². The van der Waals surface area contributed by atoms with Gasteiger partial charge < -0.3 is 0 Å². The van der Waals surface area contributed by atoms with Gasteiger partial charge in [-0.05, 0) is 29.1 Å². The van der Waals surface area contributed by atoms with Gasteiger partial charge in [-0.2, -0.15) is 11.2 Å². The number of hydrogen-bond donors (Lipinski definition) is 0. The molecule has 0 fully saturated rings. The Kier molecular flexibility index (Phi) is 6.80. The molecule has 2 heteroatoms. The molecule has 118 valence electrons. The normalized spacial score (nSPS) is 14.0. The van der Waals surface area contributed by atoms with Crippen LogP contribution in [0.4, 0.5) is 0 Å². The standard InChI is InChI=1S/C19H32SSi/c1-9-19(18-12-10-17(8)11-13-18)20-21(14(2)3,15(4)5)16(6)7/h9-16,19H,1H2,2-8H3/t19-/m0/s1. The van der Waals surface area contributed by atoms with Gasteiger partial charge in [-0.1, -0.05) is 77.4 Å². The third-order valence-corrected chi connectivity index (χ3v) is 17.4. The van der Waals surface area contributed by atoms with Gasteiger partial charge in [-0.3, -0.25) is 0 Å². The fourth-order valence-corrected chi connectivity index (χ4v) is 13.7. The summed E-state index contributed by atoms with van der Waals surface area (Å²) in [7, 11) is -1.46. The molecule has 0 aliphatic carbocycles. The van der Waals surface area contributed by atoms with Crippen LogP contribution in [0.1, 0.15) is 57.9 Å². The fraction of sp³-hybridized carbons (Fsp3) is 0.579. The zero-order valence-corrected chi connectivity index (χ0v) is 16.6. The third kappa shape index (κ3) is 4.04. The Hall–Kier alpha value is -0.473. The minimum Gasteiger partial charge on any atom is -0.172 e. The lowest BCUT2D eigenvalue weighted by atomic mass is 10.1. The molecule has 0 radical (unpaired) electrons. The summed E-state index contributed by atoms with van der Waals surface area (Å²) in [5.74, 6) is 0. The van der Waals surface area contributed by atoms with Gasteiger partial charge >= 0.3 is 0 Å². The van der Waals surface area contributed by atoms with E-state index in [1.165, 1.54) is 11.1 Å². The summed E-state index contributed by atoms with van der Waals surface area (Å²) in [5.41, 5.74) is 5.05. The Morgan fingerprint density at radius 2 is 1.33 bits per heavy atom. The zero-order valence-electron chi connectivity index (χ0n) is 14.8. The first kappa shape index (κ1) is 18.6. The largest absolute Gasteiger partial charge is 0.172 e. The molecule has 0 spiro atoms. The van der Waals surface area contributed by atoms with Crippen LogP contribution in [0.3, 0.4) is 0 Å². The van der Waals surface area contributed by atoms with Gasteiger partial charge in [0.25, 0.3) is 0 Å². The molecule has 1 aromatic carbocycles. The maximum Gasteiger partial charge on any atom is 0.126 e. The minimum atomic E-state index is -1.46. The SMILES string of the molecule is C=C[C@H](S[Si](C(C)C)(C(C)C)C(C)C)c1ccc(C)cc1. The van der Waals surface area contributed by atoms with Crippen molar-refractivity contribution in [3.05, 3.63) is 48.0 Å². The number of benzene rings is 1. The predicted molar refractivity (Wildman–Crippen MR) is 103 cm³/mol. The topological polar surface area (TPSA) is 0 Å². The molecule has 0 saturated carbocycles. The summed E-state index contributed by atoms with van der Waals surface area (Å²) in [4.78, 5) is 0. The molecule has 0 heterocycles. The van der Waals surface area contributed by atoms with E-state index < -0.39 is 7.22 Å². The molecule has 0 amide bonds. The van der Waals surface area contributed by atoms with Gasteiger partial charge in [0.1, 0.15) is 7.22 Å². The molecule has 0 N–H and O–H groups in total. The summed E-state index contributed by atoms with van der Waals surface area (Å²) in [6, 6.07) is 8.98. The number of rotatable bonds is 7. The number of hydrogen-bond acceptors (Lipinski definition) is 1. The first-order valence-electron chi connectivity index (χ1n) is 8.12. The Labute approximate surface area is 137 Å². The molecule has 0 aliphatic rings. The van der Waals surface area contributed by atoms with Crippen molar-refractivity contribution in [2.24, 2.45) is 0 Å². The summed E-state index contributed by atoms with van der Waals surface area (Å²) >= 11 is 2.24. The van der Waals surface area contributed by atoms with Crippen molar-refractivity contribution in [3.8, 4) is 0 Å². The summed E-state index contributed by atoms with van der Waals surface area (Å²) < 4.78 is 0. The van der Waals surface area contributed by atoms with Gasteiger partial charge in [0.15, 0.2) is 0 Å². The molecule has 0 saturated heterocycles. The monoisotopic (exact) mass is 320 g/mol. The van der Waals surface area contributed by atoms with Crippen LogP contribution in [0.5, 0.6) is 0 Å². The Morgan fingerprint density at radius 3 is 1.67 bits per heavy atom. The molecule has 0 aromatic heterocycles. The fourth-order valence-electron chi connectivity index (χ4n) is 3.64. The molecular formula is C19H32SSi. The van der Waals surface area contributed by atoms with E-state index in [4.69, 9.17) is 0 Å². The lowest BCUT2D eigenvalue weighted by molar-refractivity contribution is 0.850. The van der Waals surface area contributed by atoms with E-state index in [-0.39, 0.29) is 0 Å². The smallest absolute Gasteiger partial charge is 0.126 e. The van der Waals surface area contributed by atoms with E-state index >= 15 is 0 Å². The van der Waals surface area contributed by atoms with Gasteiger partial charge in [-0.15, -0.1) is 6.58 Å². The number of aryl methyl sites for hydroxylation is 1. The minimum absolute atomic E-state index is 0.421. The highest BCUT2D eigenvalue weighted by Crippen LogP contribution is 2.54. The average Bonchev–Trinajstić information content (AvgIpc) is 2.40. The van der Waals surface area contributed by atoms with Crippen LogP contribution in [-0.2, 0) is 0 Å². The molecule has 1 aromatic rings. The van der Waals surface area contributed by atoms with E-state index in [1.54, 1.807) is 0 Å². The highest BCUT2D eigenvalue weighted by atomic mass is 32.4. The molecule has 0 unspecified atom stereocenters. The van der Waals surface area contributed by atoms with Crippen LogP contribution in [0.2, 0.25) is 16.6 Å². The summed E-state index contributed by atoms with van der Waals surface area (Å²) in [6.45, 7) is 20.8. The molecule has 0 aliphatic heterocycles. The van der Waals surface area contributed by atoms with Gasteiger partial charge in [0.05, 0.1) is 0 Å². The van der Waals surface area contributed by atoms with Gasteiger partial charge in [0, 0.05) is 5.25 Å². The maximum absolute atomic E-state index is 4.12. The van der Waals surface area contributed by atoms with Crippen molar-refractivity contribution >= 4 is 18.4 Å². The Morgan fingerprint density at radius 1 is 0.905 bits per heavy atom. The van der Waals surface area contributed by atoms with Crippen molar-refractivity contribution in [1.29, 1.82) is 0 Å². The van der Waals surface area contributed by atoms with E-state index in [1.807, 2.05) is 0 Å². The highest BCUT2D eigenvalue weighted by molar-refractivity contribution is 8.29. The van der Waals surface area contributed by atoms with Crippen LogP contribution < -0.4 is 0 Å². The summed E-state index contributed by atoms with van der Waals surface area (Å²) in [5, 5.41) is 0.421. The van der Waals surface area contributed by atoms with Gasteiger partial charge in [-0.25, -0.2) is 0 Å². The Bertz CT molecular complexity index is 423. The summed E-state index contributed by atoms with van der Waals surface area (Å²) in [6.07, 6.45) is 2.14.